The van der Waals surface area contributed by atoms with Crippen molar-refractivity contribution in [2.24, 2.45) is 12.0 Å². The van der Waals surface area contributed by atoms with Crippen LogP contribution in [0.1, 0.15) is 24.4 Å². The van der Waals surface area contributed by atoms with Gasteiger partial charge in [-0.3, -0.25) is 4.68 Å². The molecule has 1 N–H and O–H groups in total. The molecule has 0 bridgehead atoms. The molecule has 2 aromatic heterocycles. The molecule has 1 aliphatic heterocycles. The standard InChI is InChI=1S/C19H27N5O2/c1-15(2)11-21-19(20-7-6-17-5-4-9-25-17)24-8-10-26-18(14-24)16-12-22-23(3)13-16/h4-5,9,12-13,18H,1,6-8,10-11,14H2,2-3H3,(H,20,21). The van der Waals surface area contributed by atoms with Gasteiger partial charge < -0.3 is 19.4 Å². The minimum Gasteiger partial charge on any atom is -0.469 e. The smallest absolute Gasteiger partial charge is 0.194 e. The summed E-state index contributed by atoms with van der Waals surface area (Å²) in [7, 11) is 1.92. The Labute approximate surface area is 154 Å². The first kappa shape index (κ1) is 18.3. The summed E-state index contributed by atoms with van der Waals surface area (Å²) in [5.41, 5.74) is 2.12. The van der Waals surface area contributed by atoms with Crippen LogP contribution >= 0.6 is 0 Å². The average molecular weight is 357 g/mol. The van der Waals surface area contributed by atoms with E-state index in [4.69, 9.17) is 14.1 Å². The molecule has 7 nitrogen and oxygen atoms in total. The van der Waals surface area contributed by atoms with Gasteiger partial charge in [0.2, 0.25) is 0 Å². The van der Waals surface area contributed by atoms with Crippen LogP contribution in [0.4, 0.5) is 0 Å². The van der Waals surface area contributed by atoms with Crippen molar-refractivity contribution in [1.29, 1.82) is 0 Å². The predicted molar refractivity (Wildman–Crippen MR) is 101 cm³/mol. The van der Waals surface area contributed by atoms with E-state index in [1.807, 2.05) is 38.5 Å². The summed E-state index contributed by atoms with van der Waals surface area (Å²) in [6.45, 7) is 9.52. The number of morpholine rings is 1. The Morgan fingerprint density at radius 2 is 2.38 bits per heavy atom. The number of furan rings is 1. The summed E-state index contributed by atoms with van der Waals surface area (Å²) in [4.78, 5) is 6.97. The van der Waals surface area contributed by atoms with Gasteiger partial charge in [0.05, 0.1) is 32.2 Å². The number of aliphatic imine (C=N–C) groups is 1. The van der Waals surface area contributed by atoms with Crippen LogP contribution in [-0.2, 0) is 18.2 Å². The first-order valence-corrected chi connectivity index (χ1v) is 8.92. The second-order valence-electron chi connectivity index (χ2n) is 6.61. The molecule has 3 heterocycles. The Morgan fingerprint density at radius 3 is 3.08 bits per heavy atom. The highest BCUT2D eigenvalue weighted by Crippen LogP contribution is 2.21. The number of guanidine groups is 1. The van der Waals surface area contributed by atoms with E-state index in [0.717, 1.165) is 48.9 Å². The zero-order valence-corrected chi connectivity index (χ0v) is 15.5. The van der Waals surface area contributed by atoms with Gasteiger partial charge in [0.15, 0.2) is 5.96 Å². The predicted octanol–water partition coefficient (Wildman–Crippen LogP) is 2.15. The lowest BCUT2D eigenvalue weighted by atomic mass is 10.1. The van der Waals surface area contributed by atoms with E-state index in [2.05, 4.69) is 21.9 Å². The van der Waals surface area contributed by atoms with E-state index in [0.29, 0.717) is 13.2 Å². The van der Waals surface area contributed by atoms with Crippen molar-refractivity contribution in [3.8, 4) is 0 Å². The minimum absolute atomic E-state index is 0.000600. The molecule has 3 rings (SSSR count). The van der Waals surface area contributed by atoms with Gasteiger partial charge in [-0.25, -0.2) is 4.99 Å². The SMILES string of the molecule is C=C(C)CN=C(NCCc1ccco1)N1CCOC(c2cnn(C)c2)C1. The molecule has 26 heavy (non-hydrogen) atoms. The Morgan fingerprint density at radius 1 is 1.50 bits per heavy atom. The molecular formula is C19H27N5O2. The summed E-state index contributed by atoms with van der Waals surface area (Å²) in [5, 5.41) is 7.71. The van der Waals surface area contributed by atoms with Crippen LogP contribution in [0.25, 0.3) is 0 Å². The third-order valence-corrected chi connectivity index (χ3v) is 4.20. The lowest BCUT2D eigenvalue weighted by Crippen LogP contribution is -2.48. The fourth-order valence-corrected chi connectivity index (χ4v) is 2.88. The molecule has 1 unspecified atom stereocenters. The van der Waals surface area contributed by atoms with Gasteiger partial charge in [-0.15, -0.1) is 0 Å². The van der Waals surface area contributed by atoms with Gasteiger partial charge in [-0.05, 0) is 19.1 Å². The van der Waals surface area contributed by atoms with Gasteiger partial charge in [0, 0.05) is 38.3 Å². The lowest BCUT2D eigenvalue weighted by molar-refractivity contribution is -0.00804. The van der Waals surface area contributed by atoms with Crippen LogP contribution in [0.2, 0.25) is 0 Å². The fraction of sp³-hybridized carbons (Fsp3) is 0.474. The van der Waals surface area contributed by atoms with E-state index in [1.54, 1.807) is 10.9 Å². The largest absolute Gasteiger partial charge is 0.469 e. The molecule has 0 spiro atoms. The molecule has 2 aromatic rings. The molecule has 1 fully saturated rings. The monoisotopic (exact) mass is 357 g/mol. The summed E-state index contributed by atoms with van der Waals surface area (Å²) in [5.74, 6) is 1.85. The highest BCUT2D eigenvalue weighted by atomic mass is 16.5. The van der Waals surface area contributed by atoms with Crippen LogP contribution in [0.3, 0.4) is 0 Å². The molecule has 0 radical (unpaired) electrons. The molecule has 0 aliphatic carbocycles. The van der Waals surface area contributed by atoms with Gasteiger partial charge in [0.25, 0.3) is 0 Å². The number of nitrogens with one attached hydrogen (secondary N) is 1. The highest BCUT2D eigenvalue weighted by Gasteiger charge is 2.25. The molecule has 7 heteroatoms. The van der Waals surface area contributed by atoms with E-state index in [-0.39, 0.29) is 6.10 Å². The maximum absolute atomic E-state index is 5.94. The first-order chi connectivity index (χ1) is 12.6. The third kappa shape index (κ3) is 4.98. The van der Waals surface area contributed by atoms with E-state index in [9.17, 15) is 0 Å². The van der Waals surface area contributed by atoms with Crippen molar-refractivity contribution in [2.45, 2.75) is 19.4 Å². The minimum atomic E-state index is -0.000600. The zero-order valence-electron chi connectivity index (χ0n) is 15.5. The molecule has 0 aromatic carbocycles. The molecule has 1 saturated heterocycles. The molecule has 1 aliphatic rings. The second-order valence-corrected chi connectivity index (χ2v) is 6.61. The lowest BCUT2D eigenvalue weighted by Gasteiger charge is -2.35. The zero-order chi connectivity index (χ0) is 18.4. The Kier molecular flexibility index (Phi) is 6.12. The molecule has 1 atom stereocenters. The fourth-order valence-electron chi connectivity index (χ4n) is 2.88. The van der Waals surface area contributed by atoms with Crippen LogP contribution in [0.5, 0.6) is 0 Å². The maximum Gasteiger partial charge on any atom is 0.194 e. The van der Waals surface area contributed by atoms with Crippen molar-refractivity contribution in [3.05, 3.63) is 54.3 Å². The average Bonchev–Trinajstić information content (AvgIpc) is 3.29. The Balaban J connectivity index is 1.64. The first-order valence-electron chi connectivity index (χ1n) is 8.92. The molecule has 140 valence electrons. The summed E-state index contributed by atoms with van der Waals surface area (Å²) >= 11 is 0. The van der Waals surface area contributed by atoms with Crippen molar-refractivity contribution >= 4 is 5.96 Å². The number of aryl methyl sites for hydroxylation is 1. The molecule has 0 amide bonds. The summed E-state index contributed by atoms with van der Waals surface area (Å²) < 4.78 is 13.1. The normalized spacial score (nSPS) is 18.2. The highest BCUT2D eigenvalue weighted by molar-refractivity contribution is 5.80. The number of ether oxygens (including phenoxy) is 1. The van der Waals surface area contributed by atoms with Gasteiger partial charge in [-0.1, -0.05) is 12.2 Å². The number of hydrogen-bond donors (Lipinski definition) is 1. The van der Waals surface area contributed by atoms with Gasteiger partial charge in [-0.2, -0.15) is 5.10 Å². The van der Waals surface area contributed by atoms with Crippen molar-refractivity contribution in [2.75, 3.05) is 32.8 Å². The van der Waals surface area contributed by atoms with Gasteiger partial charge in [0.1, 0.15) is 11.9 Å². The second kappa shape index (κ2) is 8.71. The number of aromatic nitrogens is 2. The number of nitrogens with zero attached hydrogens (tertiary/aromatic N) is 4. The van der Waals surface area contributed by atoms with Gasteiger partial charge >= 0.3 is 0 Å². The third-order valence-electron chi connectivity index (χ3n) is 4.20. The van der Waals surface area contributed by atoms with Crippen LogP contribution in [0.15, 0.2) is 52.4 Å². The van der Waals surface area contributed by atoms with Crippen molar-refractivity contribution in [3.63, 3.8) is 0 Å². The number of hydrogen-bond acceptors (Lipinski definition) is 4. The summed E-state index contributed by atoms with van der Waals surface area (Å²) in [6, 6.07) is 3.89. The number of rotatable bonds is 6. The Hall–Kier alpha value is -2.54. The van der Waals surface area contributed by atoms with Crippen molar-refractivity contribution < 1.29 is 9.15 Å². The van der Waals surface area contributed by atoms with E-state index in [1.165, 1.54) is 0 Å². The summed E-state index contributed by atoms with van der Waals surface area (Å²) in [6.07, 6.45) is 6.38. The maximum atomic E-state index is 5.94. The quantitative estimate of drug-likeness (QED) is 0.487. The topological polar surface area (TPSA) is 67.8 Å². The van der Waals surface area contributed by atoms with Crippen molar-refractivity contribution in [1.82, 2.24) is 20.0 Å². The molecular weight excluding hydrogens is 330 g/mol. The molecule has 0 saturated carbocycles. The van der Waals surface area contributed by atoms with E-state index < -0.39 is 0 Å². The van der Waals surface area contributed by atoms with Crippen LogP contribution in [0, 0.1) is 0 Å². The van der Waals surface area contributed by atoms with E-state index >= 15 is 0 Å². The Bertz CT molecular complexity index is 735. The van der Waals surface area contributed by atoms with Crippen LogP contribution in [-0.4, -0.2) is 53.4 Å². The van der Waals surface area contributed by atoms with Crippen LogP contribution < -0.4 is 5.32 Å².